The van der Waals surface area contributed by atoms with E-state index in [1.54, 1.807) is 6.33 Å². The van der Waals surface area contributed by atoms with Crippen LogP contribution in [0.15, 0.2) is 12.5 Å². The molecule has 1 aliphatic rings. The SMILES string of the molecule is CN(C)C1CC(n2cnc([N+](=O)[O-])c2)C1. The van der Waals surface area contributed by atoms with Gasteiger partial charge in [-0.15, -0.1) is 0 Å². The van der Waals surface area contributed by atoms with E-state index in [9.17, 15) is 10.1 Å². The first-order valence-electron chi connectivity index (χ1n) is 4.92. The topological polar surface area (TPSA) is 64.2 Å². The minimum atomic E-state index is -0.460. The van der Waals surface area contributed by atoms with Gasteiger partial charge in [-0.05, 0) is 36.8 Å². The molecule has 0 unspecified atom stereocenters. The maximum absolute atomic E-state index is 10.4. The van der Waals surface area contributed by atoms with E-state index in [1.165, 1.54) is 6.20 Å². The molecule has 6 heteroatoms. The lowest BCUT2D eigenvalue weighted by Crippen LogP contribution is -2.40. The van der Waals surface area contributed by atoms with Crippen molar-refractivity contribution in [3.8, 4) is 0 Å². The Labute approximate surface area is 87.7 Å². The number of nitrogens with zero attached hydrogens (tertiary/aromatic N) is 4. The third kappa shape index (κ3) is 1.85. The molecule has 82 valence electrons. The van der Waals surface area contributed by atoms with E-state index in [-0.39, 0.29) is 5.82 Å². The Balaban J connectivity index is 1.98. The third-order valence-corrected chi connectivity index (χ3v) is 3.02. The Morgan fingerprint density at radius 2 is 2.27 bits per heavy atom. The van der Waals surface area contributed by atoms with Crippen molar-refractivity contribution in [2.75, 3.05) is 14.1 Å². The fourth-order valence-corrected chi connectivity index (χ4v) is 1.84. The predicted octanol–water partition coefficient (Wildman–Crippen LogP) is 1.06. The number of aromatic nitrogens is 2. The van der Waals surface area contributed by atoms with E-state index in [0.717, 1.165) is 12.8 Å². The highest BCUT2D eigenvalue weighted by molar-refractivity contribution is 5.14. The predicted molar refractivity (Wildman–Crippen MR) is 54.6 cm³/mol. The van der Waals surface area contributed by atoms with Crippen LogP contribution in [0, 0.1) is 10.1 Å². The van der Waals surface area contributed by atoms with Gasteiger partial charge in [0, 0.05) is 12.1 Å². The van der Waals surface area contributed by atoms with Gasteiger partial charge in [0.2, 0.25) is 6.33 Å². The van der Waals surface area contributed by atoms with Crippen molar-refractivity contribution in [3.05, 3.63) is 22.6 Å². The summed E-state index contributed by atoms with van der Waals surface area (Å²) in [7, 11) is 4.11. The van der Waals surface area contributed by atoms with Crippen molar-refractivity contribution >= 4 is 5.82 Å². The summed E-state index contributed by atoms with van der Waals surface area (Å²) in [5, 5.41) is 10.4. The Hall–Kier alpha value is -1.43. The summed E-state index contributed by atoms with van der Waals surface area (Å²) in [6.07, 6.45) is 5.15. The summed E-state index contributed by atoms with van der Waals surface area (Å²) in [6.45, 7) is 0. The van der Waals surface area contributed by atoms with Gasteiger partial charge in [0.1, 0.15) is 6.20 Å². The summed E-state index contributed by atoms with van der Waals surface area (Å²) in [5.74, 6) is -0.0664. The van der Waals surface area contributed by atoms with Crippen LogP contribution in [0.4, 0.5) is 5.82 Å². The Kier molecular flexibility index (Phi) is 2.44. The average Bonchev–Trinajstić information content (AvgIpc) is 2.49. The first-order valence-corrected chi connectivity index (χ1v) is 4.92. The fraction of sp³-hybridized carbons (Fsp3) is 0.667. The second kappa shape index (κ2) is 3.62. The summed E-state index contributed by atoms with van der Waals surface area (Å²) < 4.78 is 1.85. The van der Waals surface area contributed by atoms with Gasteiger partial charge in [-0.2, -0.15) is 0 Å². The lowest BCUT2D eigenvalue weighted by molar-refractivity contribution is -0.389. The van der Waals surface area contributed by atoms with Gasteiger partial charge in [-0.3, -0.25) is 0 Å². The maximum Gasteiger partial charge on any atom is 0.381 e. The van der Waals surface area contributed by atoms with Gasteiger partial charge < -0.3 is 19.6 Å². The minimum Gasteiger partial charge on any atom is -0.358 e. The lowest BCUT2D eigenvalue weighted by Gasteiger charge is -2.39. The molecule has 1 heterocycles. The highest BCUT2D eigenvalue weighted by atomic mass is 16.6. The normalized spacial score (nSPS) is 25.3. The van der Waals surface area contributed by atoms with E-state index in [1.807, 2.05) is 4.57 Å². The van der Waals surface area contributed by atoms with Crippen LogP contribution < -0.4 is 0 Å². The maximum atomic E-state index is 10.4. The van der Waals surface area contributed by atoms with Crippen LogP contribution in [0.3, 0.4) is 0 Å². The average molecular weight is 210 g/mol. The lowest BCUT2D eigenvalue weighted by atomic mass is 9.86. The molecule has 1 aliphatic carbocycles. The zero-order chi connectivity index (χ0) is 11.0. The van der Waals surface area contributed by atoms with Gasteiger partial charge in [0.25, 0.3) is 0 Å². The molecule has 0 amide bonds. The van der Waals surface area contributed by atoms with Gasteiger partial charge in [0.05, 0.1) is 0 Å². The Morgan fingerprint density at radius 3 is 2.73 bits per heavy atom. The second-order valence-corrected chi connectivity index (χ2v) is 4.18. The Morgan fingerprint density at radius 1 is 1.60 bits per heavy atom. The summed E-state index contributed by atoms with van der Waals surface area (Å²) in [6, 6.07) is 0.968. The summed E-state index contributed by atoms with van der Waals surface area (Å²) in [5.41, 5.74) is 0. The zero-order valence-electron chi connectivity index (χ0n) is 8.83. The molecule has 0 radical (unpaired) electrons. The van der Waals surface area contributed by atoms with Gasteiger partial charge in [-0.1, -0.05) is 0 Å². The van der Waals surface area contributed by atoms with Crippen molar-refractivity contribution in [3.63, 3.8) is 0 Å². The first kappa shape index (κ1) is 10.1. The molecule has 0 aliphatic heterocycles. The molecule has 0 bridgehead atoms. The van der Waals surface area contributed by atoms with E-state index in [4.69, 9.17) is 0 Å². The standard InChI is InChI=1S/C9H14N4O2/c1-11(2)7-3-8(4-7)12-5-9(10-6-12)13(14)15/h5-8H,3-4H2,1-2H3. The molecule has 0 aromatic carbocycles. The molecular formula is C9H14N4O2. The molecule has 1 aromatic rings. The second-order valence-electron chi connectivity index (χ2n) is 4.18. The van der Waals surface area contributed by atoms with Crippen LogP contribution in [-0.2, 0) is 0 Å². The van der Waals surface area contributed by atoms with Crippen LogP contribution in [0.2, 0.25) is 0 Å². The summed E-state index contributed by atoms with van der Waals surface area (Å²) >= 11 is 0. The van der Waals surface area contributed by atoms with E-state index in [0.29, 0.717) is 12.1 Å². The number of hydrogen-bond acceptors (Lipinski definition) is 4. The van der Waals surface area contributed by atoms with Crippen LogP contribution >= 0.6 is 0 Å². The first-order chi connectivity index (χ1) is 7.08. The fourth-order valence-electron chi connectivity index (χ4n) is 1.84. The van der Waals surface area contributed by atoms with Gasteiger partial charge in [-0.25, -0.2) is 0 Å². The molecule has 1 saturated carbocycles. The number of rotatable bonds is 3. The van der Waals surface area contributed by atoms with E-state index >= 15 is 0 Å². The van der Waals surface area contributed by atoms with Crippen molar-refractivity contribution in [2.45, 2.75) is 24.9 Å². The molecule has 1 fully saturated rings. The molecular weight excluding hydrogens is 196 g/mol. The molecule has 6 nitrogen and oxygen atoms in total. The van der Waals surface area contributed by atoms with E-state index < -0.39 is 4.92 Å². The van der Waals surface area contributed by atoms with Crippen LogP contribution in [0.1, 0.15) is 18.9 Å². The monoisotopic (exact) mass is 210 g/mol. The van der Waals surface area contributed by atoms with Crippen molar-refractivity contribution in [1.29, 1.82) is 0 Å². The smallest absolute Gasteiger partial charge is 0.358 e. The molecule has 0 spiro atoms. The number of hydrogen-bond donors (Lipinski definition) is 0. The van der Waals surface area contributed by atoms with Crippen molar-refractivity contribution < 1.29 is 4.92 Å². The highest BCUT2D eigenvalue weighted by Crippen LogP contribution is 2.35. The van der Waals surface area contributed by atoms with Gasteiger partial charge >= 0.3 is 5.82 Å². The van der Waals surface area contributed by atoms with Crippen LogP contribution in [0.5, 0.6) is 0 Å². The van der Waals surface area contributed by atoms with Crippen LogP contribution in [0.25, 0.3) is 0 Å². The quantitative estimate of drug-likeness (QED) is 0.552. The highest BCUT2D eigenvalue weighted by Gasteiger charge is 2.32. The number of nitro groups is 1. The largest absolute Gasteiger partial charge is 0.381 e. The van der Waals surface area contributed by atoms with Crippen LogP contribution in [-0.4, -0.2) is 39.5 Å². The Bertz CT molecular complexity index is 368. The summed E-state index contributed by atoms with van der Waals surface area (Å²) in [4.78, 5) is 15.9. The molecule has 0 atom stereocenters. The minimum absolute atomic E-state index is 0.0664. The zero-order valence-corrected chi connectivity index (χ0v) is 8.83. The van der Waals surface area contributed by atoms with Crippen molar-refractivity contribution in [1.82, 2.24) is 14.5 Å². The van der Waals surface area contributed by atoms with Gasteiger partial charge in [0.15, 0.2) is 0 Å². The molecule has 15 heavy (non-hydrogen) atoms. The van der Waals surface area contributed by atoms with Crippen molar-refractivity contribution in [2.24, 2.45) is 0 Å². The molecule has 2 rings (SSSR count). The number of imidazole rings is 1. The van der Waals surface area contributed by atoms with E-state index in [2.05, 4.69) is 24.0 Å². The molecule has 0 N–H and O–H groups in total. The molecule has 1 aromatic heterocycles. The molecule has 0 saturated heterocycles. The third-order valence-electron chi connectivity index (χ3n) is 3.02.